The number of hydrogen-bond acceptors (Lipinski definition) is 2. The number of allylic oxidation sites excluding steroid dienone is 2. The molecule has 0 radical (unpaired) electrons. The zero-order valence-electron chi connectivity index (χ0n) is 11.0. The number of amides is 1. The minimum absolute atomic E-state index is 0.0941. The van der Waals surface area contributed by atoms with Crippen molar-refractivity contribution in [3.63, 3.8) is 0 Å². The van der Waals surface area contributed by atoms with Gasteiger partial charge in [-0.3, -0.25) is 9.63 Å². The first kappa shape index (κ1) is 6.60. The zero-order valence-corrected chi connectivity index (χ0v) is 8.04. The smallest absolute Gasteiger partial charge is 0.249 e. The molecule has 0 fully saturated rings. The Hall–Kier alpha value is -0.830. The summed E-state index contributed by atoms with van der Waals surface area (Å²) in [5.74, 6) is -0.251. The van der Waals surface area contributed by atoms with Crippen LogP contribution in [0.4, 0.5) is 0 Å². The highest BCUT2D eigenvalue weighted by atomic mass is 16.7. The quantitative estimate of drug-likeness (QED) is 0.485. The van der Waals surface area contributed by atoms with Gasteiger partial charge in [0.05, 0.1) is 7.11 Å². The molecule has 0 aromatic carbocycles. The molecule has 1 rings (SSSR count). The molecule has 1 amide bonds. The second-order valence-electron chi connectivity index (χ2n) is 3.22. The van der Waals surface area contributed by atoms with Crippen LogP contribution >= 0.6 is 0 Å². The third kappa shape index (κ3) is 2.56. The van der Waals surface area contributed by atoms with E-state index in [1.807, 2.05) is 0 Å². The van der Waals surface area contributed by atoms with Gasteiger partial charge in [0, 0.05) is 17.1 Å². The van der Waals surface area contributed by atoms with Crippen LogP contribution in [-0.2, 0) is 9.63 Å². The van der Waals surface area contributed by atoms with Crippen LogP contribution in [0.2, 0.25) is 0 Å². The number of carbonyl (C=O) groups is 1. The highest BCUT2D eigenvalue weighted by Gasteiger charge is 2.23. The van der Waals surface area contributed by atoms with Gasteiger partial charge >= 0.3 is 0 Å². The largest absolute Gasteiger partial charge is 0.275 e. The molecule has 0 saturated heterocycles. The van der Waals surface area contributed by atoms with Gasteiger partial charge in [0.1, 0.15) is 0 Å². The first-order valence-corrected chi connectivity index (χ1v) is 4.37. The van der Waals surface area contributed by atoms with Gasteiger partial charge in [-0.25, -0.2) is 5.06 Å². The monoisotopic (exact) mass is 186 g/mol. The van der Waals surface area contributed by atoms with Gasteiger partial charge < -0.3 is 0 Å². The zero-order chi connectivity index (χ0) is 12.3. The lowest BCUT2D eigenvalue weighted by Crippen LogP contribution is -2.32. The highest BCUT2D eigenvalue weighted by Crippen LogP contribution is 2.24. The van der Waals surface area contributed by atoms with Crippen molar-refractivity contribution in [1.29, 1.82) is 0 Å². The van der Waals surface area contributed by atoms with Gasteiger partial charge in [0.25, 0.3) is 0 Å². The first-order chi connectivity index (χ1) is 7.36. The van der Waals surface area contributed by atoms with E-state index in [-0.39, 0.29) is 11.8 Å². The molecule has 0 N–H and O–H groups in total. The molecule has 0 bridgehead atoms. The summed E-state index contributed by atoms with van der Waals surface area (Å²) >= 11 is 0. The van der Waals surface area contributed by atoms with Gasteiger partial charge in [-0.2, -0.15) is 0 Å². The van der Waals surface area contributed by atoms with E-state index >= 15 is 0 Å². The normalized spacial score (nSPS) is 26.8. The van der Waals surface area contributed by atoms with Crippen molar-refractivity contribution in [3.05, 3.63) is 11.6 Å². The summed E-state index contributed by atoms with van der Waals surface area (Å²) in [6.45, 7) is -2.01. The van der Waals surface area contributed by atoms with E-state index in [0.29, 0.717) is 24.8 Å². The number of hydrogen-bond donors (Lipinski definition) is 0. The Labute approximate surface area is 83.5 Å². The lowest BCUT2D eigenvalue weighted by molar-refractivity contribution is -0.173. The molecule has 0 aromatic heterocycles. The summed E-state index contributed by atoms with van der Waals surface area (Å²) in [5.41, 5.74) is 0.469. The summed E-state index contributed by atoms with van der Waals surface area (Å²) in [6.07, 6.45) is 3.20. The minimum atomic E-state index is -2.01. The summed E-state index contributed by atoms with van der Waals surface area (Å²) < 4.78 is 21.8. The molecule has 0 aliphatic heterocycles. The Bertz CT molecular complexity index is 299. The van der Waals surface area contributed by atoms with Crippen LogP contribution in [0.5, 0.6) is 0 Å². The topological polar surface area (TPSA) is 29.5 Å². The highest BCUT2D eigenvalue weighted by molar-refractivity contribution is 5.77. The lowest BCUT2D eigenvalue weighted by atomic mass is 9.90. The number of nitrogens with zero attached hydrogens (tertiary/aromatic N) is 1. The SMILES string of the molecule is [2H]C([2H])([2H])C1=CCC(C(=O)N(C)OC)CC1. The second kappa shape index (κ2) is 4.42. The maximum atomic E-state index is 11.7. The number of rotatable bonds is 2. The molecule has 0 aromatic rings. The summed E-state index contributed by atoms with van der Waals surface area (Å²) in [4.78, 5) is 16.5. The molecule has 1 atom stereocenters. The molecule has 3 nitrogen and oxygen atoms in total. The van der Waals surface area contributed by atoms with Gasteiger partial charge in [-0.05, 0) is 26.1 Å². The Kier molecular flexibility index (Phi) is 2.24. The van der Waals surface area contributed by atoms with Crippen LogP contribution in [0.25, 0.3) is 0 Å². The second-order valence-corrected chi connectivity index (χ2v) is 3.22. The number of carbonyl (C=O) groups excluding carboxylic acids is 1. The van der Waals surface area contributed by atoms with Crippen LogP contribution in [0.15, 0.2) is 11.6 Å². The van der Waals surface area contributed by atoms with Gasteiger partial charge in [0.15, 0.2) is 0 Å². The summed E-state index contributed by atoms with van der Waals surface area (Å²) in [5, 5.41) is 1.19. The van der Waals surface area contributed by atoms with Crippen LogP contribution in [0.3, 0.4) is 0 Å². The van der Waals surface area contributed by atoms with Gasteiger partial charge in [0.2, 0.25) is 5.91 Å². The predicted octanol–water partition coefficient (Wildman–Crippen LogP) is 1.75. The molecule has 1 unspecified atom stereocenters. The predicted molar refractivity (Wildman–Crippen MR) is 50.9 cm³/mol. The molecule has 0 spiro atoms. The molecule has 13 heavy (non-hydrogen) atoms. The van der Waals surface area contributed by atoms with Crippen molar-refractivity contribution in [2.75, 3.05) is 14.2 Å². The fourth-order valence-corrected chi connectivity index (χ4v) is 1.41. The lowest BCUT2D eigenvalue weighted by Gasteiger charge is -2.23. The fraction of sp³-hybridized carbons (Fsp3) is 0.700. The Balaban J connectivity index is 2.61. The first-order valence-electron chi connectivity index (χ1n) is 5.87. The van der Waals surface area contributed by atoms with Crippen molar-refractivity contribution in [2.45, 2.75) is 26.1 Å². The molecule has 1 aliphatic carbocycles. The van der Waals surface area contributed by atoms with Crippen molar-refractivity contribution in [2.24, 2.45) is 5.92 Å². The molecular weight excluding hydrogens is 166 g/mol. The van der Waals surface area contributed by atoms with Crippen LogP contribution in [0, 0.1) is 5.92 Å². The van der Waals surface area contributed by atoms with E-state index in [1.165, 1.54) is 12.2 Å². The number of hydroxylamine groups is 2. The molecular formula is C10H17NO2. The van der Waals surface area contributed by atoms with Crippen molar-refractivity contribution < 1.29 is 13.7 Å². The molecule has 0 saturated carbocycles. The molecule has 0 heterocycles. The van der Waals surface area contributed by atoms with Gasteiger partial charge in [-0.15, -0.1) is 0 Å². The van der Waals surface area contributed by atoms with Crippen molar-refractivity contribution in [3.8, 4) is 0 Å². The van der Waals surface area contributed by atoms with E-state index in [1.54, 1.807) is 13.1 Å². The van der Waals surface area contributed by atoms with E-state index in [0.717, 1.165) is 0 Å². The average Bonchev–Trinajstić information content (AvgIpc) is 2.26. The third-order valence-corrected chi connectivity index (χ3v) is 2.34. The summed E-state index contributed by atoms with van der Waals surface area (Å²) in [6, 6.07) is 0. The summed E-state index contributed by atoms with van der Waals surface area (Å²) in [7, 11) is 3.00. The maximum Gasteiger partial charge on any atom is 0.249 e. The Morgan fingerprint density at radius 3 is 3.08 bits per heavy atom. The molecule has 1 aliphatic rings. The maximum absolute atomic E-state index is 11.7. The van der Waals surface area contributed by atoms with E-state index < -0.39 is 6.85 Å². The Morgan fingerprint density at radius 1 is 1.85 bits per heavy atom. The van der Waals surface area contributed by atoms with Crippen LogP contribution in [0.1, 0.15) is 30.2 Å². The van der Waals surface area contributed by atoms with E-state index in [9.17, 15) is 4.79 Å². The Morgan fingerprint density at radius 2 is 2.62 bits per heavy atom. The molecule has 3 heteroatoms. The van der Waals surface area contributed by atoms with Crippen molar-refractivity contribution in [1.82, 2.24) is 5.06 Å². The fourth-order valence-electron chi connectivity index (χ4n) is 1.41. The van der Waals surface area contributed by atoms with Crippen LogP contribution in [-0.4, -0.2) is 25.1 Å². The molecule has 74 valence electrons. The average molecular weight is 186 g/mol. The van der Waals surface area contributed by atoms with Gasteiger partial charge in [-0.1, -0.05) is 11.6 Å². The third-order valence-electron chi connectivity index (χ3n) is 2.34. The van der Waals surface area contributed by atoms with E-state index in [2.05, 4.69) is 0 Å². The van der Waals surface area contributed by atoms with Crippen molar-refractivity contribution >= 4 is 5.91 Å². The standard InChI is InChI=1S/C10H17NO2/c1-8-4-6-9(7-5-8)10(12)11(2)13-3/h4,9H,5-7H2,1-3H3/i1D3. The minimum Gasteiger partial charge on any atom is -0.275 e. The van der Waals surface area contributed by atoms with Crippen LogP contribution < -0.4 is 0 Å². The van der Waals surface area contributed by atoms with E-state index in [4.69, 9.17) is 8.95 Å².